The van der Waals surface area contributed by atoms with E-state index in [4.69, 9.17) is 9.47 Å². The summed E-state index contributed by atoms with van der Waals surface area (Å²) in [5.74, 6) is -1.85. The summed E-state index contributed by atoms with van der Waals surface area (Å²) >= 11 is 0. The van der Waals surface area contributed by atoms with E-state index < -0.39 is 41.3 Å². The highest BCUT2D eigenvalue weighted by Crippen LogP contribution is 2.44. The first-order valence-corrected chi connectivity index (χ1v) is 11.9. The minimum absolute atomic E-state index is 0.0936. The highest BCUT2D eigenvalue weighted by Gasteiger charge is 2.53. The normalized spacial score (nSPS) is 17.5. The fourth-order valence-electron chi connectivity index (χ4n) is 4.65. The molecule has 3 N–H and O–H groups in total. The van der Waals surface area contributed by atoms with Gasteiger partial charge in [0, 0.05) is 5.92 Å². The maximum atomic E-state index is 12.9. The summed E-state index contributed by atoms with van der Waals surface area (Å²) in [7, 11) is 0. The number of rotatable bonds is 8. The molecule has 0 aliphatic heterocycles. The average molecular weight is 481 g/mol. The van der Waals surface area contributed by atoms with Crippen molar-refractivity contribution < 1.29 is 29.0 Å². The standard InChI is InChI=1S/C27H32N2O6/c1-16(35-26(2,3)4)22(23(30)31)28-24(32)27(13-14-27)29-25(33)34-15-21-19-11-7-5-9-17(19)18-10-6-8-12-20(18)21/h5-12,16,21-22H,13-15H2,1-4H3,(H,28,32)(H,29,33)(H,30,31)/t16-,22+/m1/s1. The number of carbonyl (C=O) groups is 3. The number of aliphatic carboxylic acids is 1. The van der Waals surface area contributed by atoms with Crippen LogP contribution in [0.25, 0.3) is 11.1 Å². The molecular formula is C27H32N2O6. The fourth-order valence-corrected chi connectivity index (χ4v) is 4.65. The van der Waals surface area contributed by atoms with E-state index in [1.807, 2.05) is 57.2 Å². The highest BCUT2D eigenvalue weighted by molar-refractivity contribution is 5.95. The van der Waals surface area contributed by atoms with Gasteiger partial charge >= 0.3 is 12.1 Å². The van der Waals surface area contributed by atoms with Gasteiger partial charge in [-0.2, -0.15) is 0 Å². The molecule has 2 aliphatic carbocycles. The Balaban J connectivity index is 1.38. The number of hydrogen-bond acceptors (Lipinski definition) is 5. The highest BCUT2D eigenvalue weighted by atomic mass is 16.5. The first-order chi connectivity index (χ1) is 16.5. The zero-order valence-electron chi connectivity index (χ0n) is 20.5. The van der Waals surface area contributed by atoms with Crippen LogP contribution in [0.5, 0.6) is 0 Å². The molecule has 186 valence electrons. The van der Waals surface area contributed by atoms with Crippen LogP contribution in [0.4, 0.5) is 4.79 Å². The third-order valence-electron chi connectivity index (χ3n) is 6.43. The van der Waals surface area contributed by atoms with Gasteiger partial charge in [-0.1, -0.05) is 48.5 Å². The van der Waals surface area contributed by atoms with E-state index in [0.29, 0.717) is 12.8 Å². The van der Waals surface area contributed by atoms with E-state index in [1.54, 1.807) is 6.92 Å². The first kappa shape index (κ1) is 24.7. The van der Waals surface area contributed by atoms with Gasteiger partial charge in [-0.25, -0.2) is 9.59 Å². The smallest absolute Gasteiger partial charge is 0.408 e. The molecule has 1 fully saturated rings. The summed E-state index contributed by atoms with van der Waals surface area (Å²) in [6, 6.07) is 14.8. The molecule has 8 heteroatoms. The van der Waals surface area contributed by atoms with Crippen molar-refractivity contribution in [3.63, 3.8) is 0 Å². The predicted octanol–water partition coefficient (Wildman–Crippen LogP) is 3.83. The minimum Gasteiger partial charge on any atom is -0.480 e. The largest absolute Gasteiger partial charge is 0.480 e. The van der Waals surface area contributed by atoms with E-state index in [1.165, 1.54) is 0 Å². The average Bonchev–Trinajstić information content (AvgIpc) is 3.50. The van der Waals surface area contributed by atoms with E-state index >= 15 is 0 Å². The number of benzene rings is 2. The number of alkyl carbamates (subject to hydrolysis) is 1. The van der Waals surface area contributed by atoms with Crippen molar-refractivity contribution in [2.75, 3.05) is 6.61 Å². The molecule has 2 amide bonds. The van der Waals surface area contributed by atoms with E-state index in [9.17, 15) is 19.5 Å². The van der Waals surface area contributed by atoms with Crippen molar-refractivity contribution in [1.29, 1.82) is 0 Å². The van der Waals surface area contributed by atoms with Crippen LogP contribution in [0.15, 0.2) is 48.5 Å². The summed E-state index contributed by atoms with van der Waals surface area (Å²) in [6.45, 7) is 7.16. The van der Waals surface area contributed by atoms with Gasteiger partial charge in [-0.3, -0.25) is 4.79 Å². The van der Waals surface area contributed by atoms with Gasteiger partial charge in [0.15, 0.2) is 6.04 Å². The molecule has 2 atom stereocenters. The third kappa shape index (κ3) is 5.32. The van der Waals surface area contributed by atoms with Crippen LogP contribution in [0, 0.1) is 0 Å². The lowest BCUT2D eigenvalue weighted by Gasteiger charge is -2.30. The number of hydrogen-bond donors (Lipinski definition) is 3. The maximum Gasteiger partial charge on any atom is 0.408 e. The van der Waals surface area contributed by atoms with Crippen molar-refractivity contribution >= 4 is 18.0 Å². The van der Waals surface area contributed by atoms with Crippen molar-refractivity contribution in [3.8, 4) is 11.1 Å². The maximum absolute atomic E-state index is 12.9. The van der Waals surface area contributed by atoms with Crippen LogP contribution in [0.3, 0.4) is 0 Å². The molecule has 0 bridgehead atoms. The molecule has 0 heterocycles. The molecule has 0 saturated heterocycles. The number of nitrogens with one attached hydrogen (secondary N) is 2. The molecule has 1 saturated carbocycles. The van der Waals surface area contributed by atoms with Crippen LogP contribution in [-0.4, -0.2) is 53.0 Å². The lowest BCUT2D eigenvalue weighted by atomic mass is 9.98. The van der Waals surface area contributed by atoms with Crippen molar-refractivity contribution in [3.05, 3.63) is 59.7 Å². The second kappa shape index (κ2) is 9.34. The Bertz CT molecular complexity index is 1090. The van der Waals surface area contributed by atoms with Gasteiger partial charge in [0.05, 0.1) is 11.7 Å². The molecule has 2 aliphatic rings. The molecular weight excluding hydrogens is 448 g/mol. The second-order valence-electron chi connectivity index (χ2n) is 10.3. The zero-order chi connectivity index (χ0) is 25.4. The number of carboxylic acid groups (broad SMARTS) is 1. The van der Waals surface area contributed by atoms with E-state index in [0.717, 1.165) is 22.3 Å². The molecule has 2 aromatic rings. The first-order valence-electron chi connectivity index (χ1n) is 11.9. The number of carbonyl (C=O) groups excluding carboxylic acids is 2. The van der Waals surface area contributed by atoms with Crippen LogP contribution < -0.4 is 10.6 Å². The molecule has 0 spiro atoms. The molecule has 0 unspecified atom stereocenters. The topological polar surface area (TPSA) is 114 Å². The second-order valence-corrected chi connectivity index (χ2v) is 10.3. The van der Waals surface area contributed by atoms with Gasteiger partial charge in [-0.15, -0.1) is 0 Å². The summed E-state index contributed by atoms with van der Waals surface area (Å²) in [4.78, 5) is 37.4. The Morgan fingerprint density at radius 3 is 2.06 bits per heavy atom. The Kier molecular flexibility index (Phi) is 6.60. The third-order valence-corrected chi connectivity index (χ3v) is 6.43. The van der Waals surface area contributed by atoms with Crippen LogP contribution >= 0.6 is 0 Å². The van der Waals surface area contributed by atoms with E-state index in [2.05, 4.69) is 22.8 Å². The van der Waals surface area contributed by atoms with Crippen molar-refractivity contribution in [2.45, 2.75) is 69.7 Å². The number of fused-ring (bicyclic) bond motifs is 3. The van der Waals surface area contributed by atoms with Gasteiger partial charge < -0.3 is 25.2 Å². The van der Waals surface area contributed by atoms with Gasteiger partial charge in [0.1, 0.15) is 12.1 Å². The Labute approximate surface area is 205 Å². The SMILES string of the molecule is C[C@@H](OC(C)(C)C)[C@H](NC(=O)C1(NC(=O)OCC2c3ccccc3-c3ccccc32)CC1)C(=O)O. The Morgan fingerprint density at radius 1 is 1.03 bits per heavy atom. The summed E-state index contributed by atoms with van der Waals surface area (Å²) in [6.07, 6.45) is -0.652. The summed E-state index contributed by atoms with van der Waals surface area (Å²) in [5, 5.41) is 14.8. The number of carboxylic acids is 1. The van der Waals surface area contributed by atoms with Gasteiger partial charge in [0.25, 0.3) is 0 Å². The van der Waals surface area contributed by atoms with Gasteiger partial charge in [0.2, 0.25) is 5.91 Å². The molecule has 35 heavy (non-hydrogen) atoms. The predicted molar refractivity (Wildman–Crippen MR) is 130 cm³/mol. The van der Waals surface area contributed by atoms with Gasteiger partial charge in [-0.05, 0) is 62.8 Å². The number of ether oxygens (including phenoxy) is 2. The summed E-state index contributed by atoms with van der Waals surface area (Å²) in [5.41, 5.74) is 2.70. The van der Waals surface area contributed by atoms with Crippen molar-refractivity contribution in [2.24, 2.45) is 0 Å². The fraction of sp³-hybridized carbons (Fsp3) is 0.444. The molecule has 0 radical (unpaired) electrons. The monoisotopic (exact) mass is 480 g/mol. The lowest BCUT2D eigenvalue weighted by molar-refractivity contribution is -0.150. The lowest BCUT2D eigenvalue weighted by Crippen LogP contribution is -2.57. The minimum atomic E-state index is -1.25. The molecule has 2 aromatic carbocycles. The van der Waals surface area contributed by atoms with Crippen LogP contribution in [-0.2, 0) is 19.1 Å². The van der Waals surface area contributed by atoms with E-state index in [-0.39, 0.29) is 12.5 Å². The molecule has 8 nitrogen and oxygen atoms in total. The Morgan fingerprint density at radius 2 is 1.57 bits per heavy atom. The van der Waals surface area contributed by atoms with Crippen LogP contribution in [0.1, 0.15) is 57.6 Å². The zero-order valence-corrected chi connectivity index (χ0v) is 20.5. The molecule has 0 aromatic heterocycles. The quantitative estimate of drug-likeness (QED) is 0.529. The Hall–Kier alpha value is -3.39. The van der Waals surface area contributed by atoms with Crippen molar-refractivity contribution in [1.82, 2.24) is 10.6 Å². The van der Waals surface area contributed by atoms with Crippen LogP contribution in [0.2, 0.25) is 0 Å². The molecule has 4 rings (SSSR count). The summed E-state index contributed by atoms with van der Waals surface area (Å²) < 4.78 is 11.3. The number of amides is 2.